The number of hydrogen-bond donors (Lipinski definition) is 0. The minimum atomic E-state index is -2.96. The van der Waals surface area contributed by atoms with E-state index >= 15 is 0 Å². The van der Waals surface area contributed by atoms with E-state index in [0.29, 0.717) is 11.3 Å². The zero-order valence-corrected chi connectivity index (χ0v) is 14.7. The van der Waals surface area contributed by atoms with Crippen molar-refractivity contribution in [3.05, 3.63) is 71.4 Å². The van der Waals surface area contributed by atoms with Crippen LogP contribution in [0.4, 0.5) is 23.2 Å². The van der Waals surface area contributed by atoms with Crippen LogP contribution in [0.2, 0.25) is 0 Å². The van der Waals surface area contributed by atoms with Crippen molar-refractivity contribution < 1.29 is 22.3 Å². The van der Waals surface area contributed by atoms with Crippen molar-refractivity contribution in [3.63, 3.8) is 0 Å². The van der Waals surface area contributed by atoms with E-state index in [-0.39, 0.29) is 11.3 Å². The molecule has 3 rings (SSSR count). The van der Waals surface area contributed by atoms with Crippen LogP contribution in [-0.2, 0) is 5.92 Å². The molecule has 2 aromatic carbocycles. The van der Waals surface area contributed by atoms with E-state index in [1.165, 1.54) is 24.3 Å². The third kappa shape index (κ3) is 4.30. The van der Waals surface area contributed by atoms with Crippen molar-refractivity contribution in [1.29, 1.82) is 0 Å². The maximum atomic E-state index is 13.7. The first kappa shape index (κ1) is 18.9. The number of halogens is 4. The molecule has 0 fully saturated rings. The number of rotatable bonds is 5. The van der Waals surface area contributed by atoms with Crippen LogP contribution >= 0.6 is 0 Å². The van der Waals surface area contributed by atoms with Gasteiger partial charge in [0.2, 0.25) is 0 Å². The van der Waals surface area contributed by atoms with Gasteiger partial charge in [-0.2, -0.15) is 8.78 Å². The SMILES string of the molecule is CC1=CC=NC(c2ccc(OC(F)F)cc2)N1c1cccc(C(C)(F)F)c1. The van der Waals surface area contributed by atoms with E-state index in [1.54, 1.807) is 36.6 Å². The average molecular weight is 378 g/mol. The van der Waals surface area contributed by atoms with Gasteiger partial charge in [-0.3, -0.25) is 4.99 Å². The van der Waals surface area contributed by atoms with Crippen LogP contribution in [0.1, 0.15) is 31.1 Å². The highest BCUT2D eigenvalue weighted by molar-refractivity contribution is 5.77. The predicted molar refractivity (Wildman–Crippen MR) is 96.6 cm³/mol. The molecule has 0 amide bonds. The first-order chi connectivity index (χ1) is 12.8. The first-order valence-electron chi connectivity index (χ1n) is 8.28. The molecular formula is C20H18F4N2O. The summed E-state index contributed by atoms with van der Waals surface area (Å²) >= 11 is 0. The van der Waals surface area contributed by atoms with E-state index < -0.39 is 18.7 Å². The standard InChI is InChI=1S/C20H18F4N2O/c1-13-10-11-25-18(14-6-8-17(9-7-14)27-19(21)22)26(13)16-5-3-4-15(12-16)20(2,23)24/h3-12,18-19H,1-2H3. The Kier molecular flexibility index (Phi) is 5.21. The molecule has 0 bridgehead atoms. The Labute approximate surface area is 154 Å². The van der Waals surface area contributed by atoms with Gasteiger partial charge < -0.3 is 9.64 Å². The highest BCUT2D eigenvalue weighted by Crippen LogP contribution is 2.37. The second kappa shape index (κ2) is 7.42. The summed E-state index contributed by atoms with van der Waals surface area (Å²) in [5.74, 6) is -2.92. The largest absolute Gasteiger partial charge is 0.435 e. The summed E-state index contributed by atoms with van der Waals surface area (Å²) < 4.78 is 56.5. The third-order valence-electron chi connectivity index (χ3n) is 4.20. The van der Waals surface area contributed by atoms with Crippen LogP contribution in [0.15, 0.2) is 65.3 Å². The normalized spacial score (nSPS) is 17.2. The molecule has 142 valence electrons. The summed E-state index contributed by atoms with van der Waals surface area (Å²) in [5.41, 5.74) is 2.01. The first-order valence-corrected chi connectivity index (χ1v) is 8.28. The van der Waals surface area contributed by atoms with Crippen molar-refractivity contribution in [2.24, 2.45) is 4.99 Å². The molecule has 0 saturated heterocycles. The summed E-state index contributed by atoms with van der Waals surface area (Å²) in [6, 6.07) is 12.2. The van der Waals surface area contributed by atoms with Gasteiger partial charge in [0, 0.05) is 30.1 Å². The fourth-order valence-electron chi connectivity index (χ4n) is 2.90. The van der Waals surface area contributed by atoms with Gasteiger partial charge >= 0.3 is 6.61 Å². The summed E-state index contributed by atoms with van der Waals surface area (Å²) in [6.45, 7) is -0.199. The second-order valence-corrected chi connectivity index (χ2v) is 6.24. The van der Waals surface area contributed by atoms with E-state index in [2.05, 4.69) is 9.73 Å². The fourth-order valence-corrected chi connectivity index (χ4v) is 2.90. The summed E-state index contributed by atoms with van der Waals surface area (Å²) in [5, 5.41) is 0. The number of nitrogens with zero attached hydrogens (tertiary/aromatic N) is 2. The van der Waals surface area contributed by atoms with Gasteiger partial charge in [-0.25, -0.2) is 8.78 Å². The Morgan fingerprint density at radius 3 is 2.44 bits per heavy atom. The van der Waals surface area contributed by atoms with Crippen LogP contribution < -0.4 is 9.64 Å². The smallest absolute Gasteiger partial charge is 0.387 e. The van der Waals surface area contributed by atoms with Crippen LogP contribution in [0.3, 0.4) is 0 Å². The zero-order chi connectivity index (χ0) is 19.6. The van der Waals surface area contributed by atoms with Gasteiger partial charge in [0.25, 0.3) is 5.92 Å². The minimum Gasteiger partial charge on any atom is -0.435 e. The Balaban J connectivity index is 1.95. The van der Waals surface area contributed by atoms with Crippen LogP contribution in [0.25, 0.3) is 0 Å². The number of alkyl halides is 4. The lowest BCUT2D eigenvalue weighted by Crippen LogP contribution is -2.28. The highest BCUT2D eigenvalue weighted by Gasteiger charge is 2.28. The van der Waals surface area contributed by atoms with Crippen LogP contribution in [-0.4, -0.2) is 12.8 Å². The van der Waals surface area contributed by atoms with Crippen molar-refractivity contribution in [2.45, 2.75) is 32.5 Å². The molecule has 1 heterocycles. The summed E-state index contributed by atoms with van der Waals surface area (Å²) in [6.07, 6.45) is 2.91. The molecule has 1 aliphatic rings. The summed E-state index contributed by atoms with van der Waals surface area (Å²) in [4.78, 5) is 6.26. The summed E-state index contributed by atoms with van der Waals surface area (Å²) in [7, 11) is 0. The quantitative estimate of drug-likeness (QED) is 0.606. The molecule has 0 spiro atoms. The predicted octanol–water partition coefficient (Wildman–Crippen LogP) is 5.89. The number of aliphatic imine (C=N–C) groups is 1. The maximum absolute atomic E-state index is 13.7. The zero-order valence-electron chi connectivity index (χ0n) is 14.7. The number of ether oxygens (including phenoxy) is 1. The lowest BCUT2D eigenvalue weighted by Gasteiger charge is -2.34. The molecule has 3 nitrogen and oxygen atoms in total. The molecule has 1 aliphatic heterocycles. The van der Waals surface area contributed by atoms with Crippen LogP contribution in [0, 0.1) is 0 Å². The van der Waals surface area contributed by atoms with Gasteiger partial charge in [-0.15, -0.1) is 0 Å². The van der Waals surface area contributed by atoms with Gasteiger partial charge in [0.1, 0.15) is 5.75 Å². The Morgan fingerprint density at radius 1 is 1.11 bits per heavy atom. The van der Waals surface area contributed by atoms with Gasteiger partial charge in [-0.1, -0.05) is 24.3 Å². The van der Waals surface area contributed by atoms with Gasteiger partial charge in [0.15, 0.2) is 6.17 Å². The Hall–Kier alpha value is -2.83. The highest BCUT2D eigenvalue weighted by atomic mass is 19.3. The fraction of sp³-hybridized carbons (Fsp3) is 0.250. The number of benzene rings is 2. The molecule has 0 aliphatic carbocycles. The molecular weight excluding hydrogens is 360 g/mol. The second-order valence-electron chi connectivity index (χ2n) is 6.24. The average Bonchev–Trinajstić information content (AvgIpc) is 2.61. The van der Waals surface area contributed by atoms with Crippen LogP contribution in [0.5, 0.6) is 5.75 Å². The van der Waals surface area contributed by atoms with E-state index in [4.69, 9.17) is 0 Å². The van der Waals surface area contributed by atoms with Crippen molar-refractivity contribution >= 4 is 11.9 Å². The molecule has 1 atom stereocenters. The monoisotopic (exact) mass is 378 g/mol. The number of hydrogen-bond acceptors (Lipinski definition) is 3. The molecule has 2 aromatic rings. The molecule has 0 aromatic heterocycles. The molecule has 27 heavy (non-hydrogen) atoms. The molecule has 0 N–H and O–H groups in total. The maximum Gasteiger partial charge on any atom is 0.387 e. The van der Waals surface area contributed by atoms with E-state index in [9.17, 15) is 17.6 Å². The van der Waals surface area contributed by atoms with Crippen molar-refractivity contribution in [1.82, 2.24) is 0 Å². The lowest BCUT2D eigenvalue weighted by molar-refractivity contribution is -0.0498. The van der Waals surface area contributed by atoms with Crippen molar-refractivity contribution in [2.75, 3.05) is 4.90 Å². The minimum absolute atomic E-state index is 0.0416. The number of allylic oxidation sites excluding steroid dienone is 2. The Morgan fingerprint density at radius 2 is 1.81 bits per heavy atom. The molecule has 7 heteroatoms. The lowest BCUT2D eigenvalue weighted by atomic mass is 10.1. The topological polar surface area (TPSA) is 24.8 Å². The van der Waals surface area contributed by atoms with Gasteiger partial charge in [0.05, 0.1) is 0 Å². The molecule has 0 saturated carbocycles. The molecule has 1 unspecified atom stereocenters. The Bertz CT molecular complexity index is 857. The van der Waals surface area contributed by atoms with Gasteiger partial charge in [-0.05, 0) is 42.8 Å². The van der Waals surface area contributed by atoms with E-state index in [0.717, 1.165) is 12.6 Å². The van der Waals surface area contributed by atoms with E-state index in [1.807, 2.05) is 11.8 Å². The number of anilines is 1. The van der Waals surface area contributed by atoms with Crippen molar-refractivity contribution in [3.8, 4) is 5.75 Å². The molecule has 0 radical (unpaired) electrons. The third-order valence-corrected chi connectivity index (χ3v) is 4.20.